The number of aryl methyl sites for hydroxylation is 1. The van der Waals surface area contributed by atoms with Crippen molar-refractivity contribution in [3.05, 3.63) is 34.8 Å². The largest absolute Gasteiger partial charge is 0.496 e. The van der Waals surface area contributed by atoms with E-state index < -0.39 is 0 Å². The third-order valence-electron chi connectivity index (χ3n) is 2.60. The Labute approximate surface area is 116 Å². The van der Waals surface area contributed by atoms with Crippen molar-refractivity contribution < 1.29 is 14.3 Å². The number of carbonyl (C=O) groups excluding carboxylic acids is 1. The van der Waals surface area contributed by atoms with Crippen molar-refractivity contribution in [2.45, 2.75) is 13.8 Å². The van der Waals surface area contributed by atoms with Gasteiger partial charge in [-0.3, -0.25) is 0 Å². The van der Waals surface area contributed by atoms with E-state index in [-0.39, 0.29) is 5.97 Å². The van der Waals surface area contributed by atoms with Gasteiger partial charge in [0.25, 0.3) is 0 Å². The second-order valence-electron chi connectivity index (χ2n) is 3.84. The topological polar surface area (TPSA) is 48.4 Å². The van der Waals surface area contributed by atoms with Crippen LogP contribution in [0, 0.1) is 6.92 Å². The highest BCUT2D eigenvalue weighted by Crippen LogP contribution is 2.34. The number of rotatable bonds is 4. The average molecular weight is 277 g/mol. The van der Waals surface area contributed by atoms with Gasteiger partial charge in [-0.15, -0.1) is 11.3 Å². The zero-order chi connectivity index (χ0) is 13.8. The van der Waals surface area contributed by atoms with Crippen LogP contribution in [0.15, 0.2) is 24.3 Å². The fourth-order valence-corrected chi connectivity index (χ4v) is 2.65. The van der Waals surface area contributed by atoms with E-state index in [2.05, 4.69) is 4.98 Å². The summed E-state index contributed by atoms with van der Waals surface area (Å²) in [6.45, 7) is 3.99. The first kappa shape index (κ1) is 13.5. The van der Waals surface area contributed by atoms with E-state index in [0.29, 0.717) is 12.3 Å². The van der Waals surface area contributed by atoms with Crippen LogP contribution in [0.4, 0.5) is 0 Å². The Kier molecular flexibility index (Phi) is 4.16. The molecular formula is C14H15NO3S. The van der Waals surface area contributed by atoms with Crippen molar-refractivity contribution >= 4 is 17.3 Å². The number of hydrogen-bond acceptors (Lipinski definition) is 5. The van der Waals surface area contributed by atoms with Gasteiger partial charge in [0.15, 0.2) is 5.69 Å². The predicted molar refractivity (Wildman–Crippen MR) is 74.8 cm³/mol. The third kappa shape index (κ3) is 2.76. The second-order valence-corrected chi connectivity index (χ2v) is 5.05. The molecule has 0 N–H and O–H groups in total. The van der Waals surface area contributed by atoms with Crippen LogP contribution in [0.25, 0.3) is 10.6 Å². The molecule has 0 atom stereocenters. The Morgan fingerprint density at radius 2 is 2.11 bits per heavy atom. The summed E-state index contributed by atoms with van der Waals surface area (Å²) in [5.74, 6) is 0.365. The molecule has 0 aliphatic rings. The van der Waals surface area contributed by atoms with E-state index in [1.807, 2.05) is 31.2 Å². The fraction of sp³-hybridized carbons (Fsp3) is 0.286. The average Bonchev–Trinajstić information content (AvgIpc) is 2.81. The lowest BCUT2D eigenvalue weighted by atomic mass is 10.2. The molecule has 0 aliphatic heterocycles. The van der Waals surface area contributed by atoms with Gasteiger partial charge in [-0.25, -0.2) is 9.78 Å². The van der Waals surface area contributed by atoms with Crippen molar-refractivity contribution in [1.82, 2.24) is 4.98 Å². The lowest BCUT2D eigenvalue weighted by molar-refractivity contribution is 0.0519. The van der Waals surface area contributed by atoms with Crippen LogP contribution < -0.4 is 4.74 Å². The maximum Gasteiger partial charge on any atom is 0.358 e. The summed E-state index contributed by atoms with van der Waals surface area (Å²) in [5, 5.41) is 0.762. The van der Waals surface area contributed by atoms with Gasteiger partial charge in [-0.1, -0.05) is 12.1 Å². The van der Waals surface area contributed by atoms with Gasteiger partial charge in [0, 0.05) is 4.88 Å². The molecule has 0 amide bonds. The first-order valence-electron chi connectivity index (χ1n) is 5.95. The van der Waals surface area contributed by atoms with Crippen molar-refractivity contribution in [3.63, 3.8) is 0 Å². The predicted octanol–water partition coefficient (Wildman–Crippen LogP) is 3.30. The van der Waals surface area contributed by atoms with Gasteiger partial charge in [0.05, 0.1) is 19.3 Å². The zero-order valence-electron chi connectivity index (χ0n) is 11.1. The first-order valence-corrected chi connectivity index (χ1v) is 6.77. The number of hydrogen-bond donors (Lipinski definition) is 0. The van der Waals surface area contributed by atoms with Gasteiger partial charge >= 0.3 is 5.97 Å². The maximum atomic E-state index is 11.8. The number of benzene rings is 1. The highest BCUT2D eigenvalue weighted by atomic mass is 32.1. The summed E-state index contributed by atoms with van der Waals surface area (Å²) in [6, 6.07) is 7.61. The van der Waals surface area contributed by atoms with E-state index in [1.165, 1.54) is 11.3 Å². The van der Waals surface area contributed by atoms with E-state index in [9.17, 15) is 4.79 Å². The summed E-state index contributed by atoms with van der Waals surface area (Å²) in [5.41, 5.74) is 1.27. The molecule has 0 saturated carbocycles. The van der Waals surface area contributed by atoms with Crippen molar-refractivity contribution in [2.24, 2.45) is 0 Å². The van der Waals surface area contributed by atoms with Crippen LogP contribution in [-0.4, -0.2) is 24.7 Å². The van der Waals surface area contributed by atoms with Gasteiger partial charge < -0.3 is 9.47 Å². The number of nitrogens with zero attached hydrogens (tertiary/aromatic N) is 1. The molecule has 1 aromatic carbocycles. The molecule has 0 radical (unpaired) electrons. The van der Waals surface area contributed by atoms with E-state index in [4.69, 9.17) is 9.47 Å². The van der Waals surface area contributed by atoms with Crippen LogP contribution in [0.3, 0.4) is 0 Å². The molecular weight excluding hydrogens is 262 g/mol. The van der Waals surface area contributed by atoms with Crippen LogP contribution in [0.5, 0.6) is 5.75 Å². The summed E-state index contributed by atoms with van der Waals surface area (Å²) in [6.07, 6.45) is 0. The molecule has 0 unspecified atom stereocenters. The quantitative estimate of drug-likeness (QED) is 0.804. The maximum absolute atomic E-state index is 11.8. The van der Waals surface area contributed by atoms with Crippen LogP contribution >= 0.6 is 11.3 Å². The van der Waals surface area contributed by atoms with Crippen molar-refractivity contribution in [2.75, 3.05) is 13.7 Å². The standard InChI is InChI=1S/C14H15NO3S/c1-4-18-14(16)12-9(2)19-13(15-12)10-7-5-6-8-11(10)17-3/h5-8H,4H2,1-3H3. The van der Waals surface area contributed by atoms with E-state index in [1.54, 1.807) is 14.0 Å². The number of ether oxygens (including phenoxy) is 2. The molecule has 5 heteroatoms. The van der Waals surface area contributed by atoms with E-state index >= 15 is 0 Å². The molecule has 4 nitrogen and oxygen atoms in total. The van der Waals surface area contributed by atoms with Gasteiger partial charge in [0.2, 0.25) is 0 Å². The first-order chi connectivity index (χ1) is 9.17. The Hall–Kier alpha value is -1.88. The molecule has 2 rings (SSSR count). The van der Waals surface area contributed by atoms with Crippen LogP contribution in [-0.2, 0) is 4.74 Å². The summed E-state index contributed by atoms with van der Waals surface area (Å²) in [4.78, 5) is 17.0. The lowest BCUT2D eigenvalue weighted by Gasteiger charge is -2.04. The van der Waals surface area contributed by atoms with E-state index in [0.717, 1.165) is 21.2 Å². The zero-order valence-corrected chi connectivity index (χ0v) is 11.9. The monoisotopic (exact) mass is 277 g/mol. The summed E-state index contributed by atoms with van der Waals surface area (Å²) < 4.78 is 10.3. The van der Waals surface area contributed by atoms with Crippen molar-refractivity contribution in [3.8, 4) is 16.3 Å². The minimum atomic E-state index is -0.377. The Morgan fingerprint density at radius 3 is 2.79 bits per heavy atom. The number of methoxy groups -OCH3 is 1. The van der Waals surface area contributed by atoms with Crippen molar-refractivity contribution in [1.29, 1.82) is 0 Å². The van der Waals surface area contributed by atoms with Gasteiger partial charge in [-0.05, 0) is 26.0 Å². The SMILES string of the molecule is CCOC(=O)c1nc(-c2ccccc2OC)sc1C. The van der Waals surface area contributed by atoms with Crippen LogP contribution in [0.2, 0.25) is 0 Å². The molecule has 0 fully saturated rings. The summed E-state index contributed by atoms with van der Waals surface area (Å²) >= 11 is 1.46. The molecule has 0 bridgehead atoms. The number of aromatic nitrogens is 1. The molecule has 0 spiro atoms. The van der Waals surface area contributed by atoms with Gasteiger partial charge in [0.1, 0.15) is 10.8 Å². The number of thiazole rings is 1. The number of carbonyl (C=O) groups is 1. The van der Waals surface area contributed by atoms with Crippen LogP contribution in [0.1, 0.15) is 22.3 Å². The third-order valence-corrected chi connectivity index (χ3v) is 3.61. The highest BCUT2D eigenvalue weighted by Gasteiger charge is 2.18. The molecule has 100 valence electrons. The minimum Gasteiger partial charge on any atom is -0.496 e. The molecule has 2 aromatic rings. The highest BCUT2D eigenvalue weighted by molar-refractivity contribution is 7.15. The molecule has 0 aliphatic carbocycles. The van der Waals surface area contributed by atoms with Gasteiger partial charge in [-0.2, -0.15) is 0 Å². The lowest BCUT2D eigenvalue weighted by Crippen LogP contribution is -2.06. The fourth-order valence-electron chi connectivity index (χ4n) is 1.72. The second kappa shape index (κ2) is 5.84. The Balaban J connectivity index is 2.42. The molecule has 19 heavy (non-hydrogen) atoms. The molecule has 1 aromatic heterocycles. The minimum absolute atomic E-state index is 0.347. The molecule has 1 heterocycles. The molecule has 0 saturated heterocycles. The normalized spacial score (nSPS) is 10.3. The Bertz CT molecular complexity index is 592. The number of para-hydroxylation sites is 1. The number of esters is 1. The Morgan fingerprint density at radius 1 is 1.37 bits per heavy atom. The summed E-state index contributed by atoms with van der Waals surface area (Å²) in [7, 11) is 1.62. The smallest absolute Gasteiger partial charge is 0.358 e.